The molecule has 1 heterocycles. The molecule has 2 aromatic rings. The summed E-state index contributed by atoms with van der Waals surface area (Å²) in [6.45, 7) is 4.11. The normalized spacial score (nSPS) is 15.5. The largest absolute Gasteiger partial charge is 0.416 e. The Bertz CT molecular complexity index is 1080. The topological polar surface area (TPSA) is 78.8 Å². The van der Waals surface area contributed by atoms with E-state index in [4.69, 9.17) is 0 Å². The first kappa shape index (κ1) is 20.8. The predicted octanol–water partition coefficient (Wildman–Crippen LogP) is 4.29. The number of anilines is 2. The minimum absolute atomic E-state index is 0.0541. The van der Waals surface area contributed by atoms with Crippen molar-refractivity contribution in [2.75, 3.05) is 16.8 Å². The molecule has 0 radical (unpaired) electrons. The number of fused-ring (bicyclic) bond motifs is 1. The summed E-state index contributed by atoms with van der Waals surface area (Å²) >= 11 is 0. The number of hydrogen-bond donors (Lipinski definition) is 1. The van der Waals surface area contributed by atoms with Gasteiger partial charge in [-0.25, -0.2) is 0 Å². The average Bonchev–Trinajstić information content (AvgIpc) is 2.64. The Balaban J connectivity index is 1.89. The van der Waals surface area contributed by atoms with Gasteiger partial charge < -0.3 is 10.2 Å². The van der Waals surface area contributed by atoms with Crippen LogP contribution in [0.15, 0.2) is 51.8 Å². The molecular formula is C19H18F3N3O3S. The molecule has 2 aromatic carbocycles. The summed E-state index contributed by atoms with van der Waals surface area (Å²) in [5, 5.41) is 2.47. The Hall–Kier alpha value is -2.88. The first-order valence-electron chi connectivity index (χ1n) is 8.74. The molecule has 0 aliphatic carbocycles. The minimum atomic E-state index is -4.47. The second-order valence-corrected chi connectivity index (χ2v) is 8.05. The van der Waals surface area contributed by atoms with Crippen LogP contribution in [0.2, 0.25) is 0 Å². The number of amides is 1. The number of carbonyl (C=O) groups excluding carboxylic acids is 1. The standard InChI is InChI=1S/C19H18F3N3O3S/c1-3-10-25-12(2)24-29(27,28)17-11-13(4-9-16(17)25)18(26)23-15-7-5-14(6-8-15)19(20,21)22/h4-9,11H,3,10H2,1-2H3,(H,23,26). The van der Waals surface area contributed by atoms with Gasteiger partial charge >= 0.3 is 6.18 Å². The van der Waals surface area contributed by atoms with E-state index in [1.165, 1.54) is 18.2 Å². The molecule has 0 aromatic heterocycles. The van der Waals surface area contributed by atoms with Crippen LogP contribution in [0.5, 0.6) is 0 Å². The number of hydrogen-bond acceptors (Lipinski definition) is 4. The third-order valence-corrected chi connectivity index (χ3v) is 5.74. The van der Waals surface area contributed by atoms with Crippen molar-refractivity contribution in [2.24, 2.45) is 4.40 Å². The number of carbonyl (C=O) groups is 1. The number of alkyl halides is 3. The van der Waals surface area contributed by atoms with E-state index in [-0.39, 0.29) is 16.1 Å². The van der Waals surface area contributed by atoms with Gasteiger partial charge in [-0.1, -0.05) is 6.92 Å². The van der Waals surface area contributed by atoms with Gasteiger partial charge in [-0.3, -0.25) is 4.79 Å². The Morgan fingerprint density at radius 3 is 2.38 bits per heavy atom. The first-order chi connectivity index (χ1) is 13.5. The lowest BCUT2D eigenvalue weighted by Gasteiger charge is -2.29. The summed E-state index contributed by atoms with van der Waals surface area (Å²) in [7, 11) is -3.95. The van der Waals surface area contributed by atoms with Gasteiger partial charge in [0.25, 0.3) is 15.9 Å². The number of sulfonamides is 1. The zero-order valence-electron chi connectivity index (χ0n) is 15.6. The second-order valence-electron chi connectivity index (χ2n) is 6.48. The number of benzene rings is 2. The van der Waals surface area contributed by atoms with Crippen LogP contribution in [0.1, 0.15) is 36.2 Å². The van der Waals surface area contributed by atoms with Crippen molar-refractivity contribution < 1.29 is 26.4 Å². The maximum Gasteiger partial charge on any atom is 0.416 e. The molecule has 1 amide bonds. The van der Waals surface area contributed by atoms with E-state index in [0.717, 1.165) is 30.7 Å². The average molecular weight is 425 g/mol. The number of nitrogens with zero attached hydrogens (tertiary/aromatic N) is 2. The molecule has 0 bridgehead atoms. The molecule has 0 spiro atoms. The van der Waals surface area contributed by atoms with Crippen molar-refractivity contribution in [3.05, 3.63) is 53.6 Å². The Kier molecular flexibility index (Phi) is 5.40. The van der Waals surface area contributed by atoms with Crippen LogP contribution in [0, 0.1) is 0 Å². The van der Waals surface area contributed by atoms with Gasteiger partial charge in [0.15, 0.2) is 0 Å². The molecular weight excluding hydrogens is 407 g/mol. The zero-order chi connectivity index (χ0) is 21.4. The SMILES string of the molecule is CCCN1C(C)=NS(=O)(=O)c2cc(C(=O)Nc3ccc(C(F)(F)F)cc3)ccc21. The molecule has 1 aliphatic rings. The fourth-order valence-electron chi connectivity index (χ4n) is 2.98. The lowest BCUT2D eigenvalue weighted by Crippen LogP contribution is -2.34. The molecule has 0 saturated carbocycles. The highest BCUT2D eigenvalue weighted by Crippen LogP contribution is 2.33. The van der Waals surface area contributed by atoms with Crippen LogP contribution in [0.4, 0.5) is 24.5 Å². The van der Waals surface area contributed by atoms with Crippen LogP contribution in [-0.4, -0.2) is 26.7 Å². The fourth-order valence-corrected chi connectivity index (χ4v) is 4.25. The highest BCUT2D eigenvalue weighted by Gasteiger charge is 2.31. The van der Waals surface area contributed by atoms with Gasteiger partial charge in [0.05, 0.1) is 11.3 Å². The van der Waals surface area contributed by atoms with E-state index >= 15 is 0 Å². The lowest BCUT2D eigenvalue weighted by atomic mass is 10.1. The number of amidine groups is 1. The molecule has 154 valence electrons. The maximum absolute atomic E-state index is 12.6. The van der Waals surface area contributed by atoms with Crippen LogP contribution < -0.4 is 10.2 Å². The summed E-state index contributed by atoms with van der Waals surface area (Å²) < 4.78 is 66.5. The number of nitrogens with one attached hydrogen (secondary N) is 1. The van der Waals surface area contributed by atoms with E-state index in [9.17, 15) is 26.4 Å². The Labute approximate surface area is 166 Å². The molecule has 29 heavy (non-hydrogen) atoms. The zero-order valence-corrected chi connectivity index (χ0v) is 16.4. The number of halogens is 3. The second kappa shape index (κ2) is 7.51. The van der Waals surface area contributed by atoms with Gasteiger partial charge in [-0.05, 0) is 55.8 Å². The molecule has 0 fully saturated rings. The maximum atomic E-state index is 12.6. The highest BCUT2D eigenvalue weighted by atomic mass is 32.2. The van der Waals surface area contributed by atoms with Crippen LogP contribution in [0.3, 0.4) is 0 Å². The van der Waals surface area contributed by atoms with E-state index in [1.807, 2.05) is 6.92 Å². The van der Waals surface area contributed by atoms with E-state index in [1.54, 1.807) is 11.8 Å². The van der Waals surface area contributed by atoms with Gasteiger partial charge in [0, 0.05) is 17.8 Å². The summed E-state index contributed by atoms with van der Waals surface area (Å²) in [6.07, 6.45) is -3.71. The summed E-state index contributed by atoms with van der Waals surface area (Å²) in [4.78, 5) is 14.2. The molecule has 0 unspecified atom stereocenters. The fraction of sp³-hybridized carbons (Fsp3) is 0.263. The monoisotopic (exact) mass is 425 g/mol. The molecule has 0 saturated heterocycles. The van der Waals surface area contributed by atoms with Crippen molar-refractivity contribution in [2.45, 2.75) is 31.3 Å². The smallest absolute Gasteiger partial charge is 0.328 e. The van der Waals surface area contributed by atoms with Gasteiger partial charge in [-0.15, -0.1) is 4.40 Å². The molecule has 1 aliphatic heterocycles. The Morgan fingerprint density at radius 2 is 1.79 bits per heavy atom. The van der Waals surface area contributed by atoms with Gasteiger partial charge in [0.2, 0.25) is 0 Å². The third kappa shape index (κ3) is 4.26. The summed E-state index contributed by atoms with van der Waals surface area (Å²) in [6, 6.07) is 8.19. The van der Waals surface area contributed by atoms with Crippen molar-refractivity contribution in [3.63, 3.8) is 0 Å². The lowest BCUT2D eigenvalue weighted by molar-refractivity contribution is -0.137. The predicted molar refractivity (Wildman–Crippen MR) is 104 cm³/mol. The molecule has 1 N–H and O–H groups in total. The summed E-state index contributed by atoms with van der Waals surface area (Å²) in [5.41, 5.74) is -0.187. The third-order valence-electron chi connectivity index (χ3n) is 4.35. The molecule has 10 heteroatoms. The van der Waals surface area contributed by atoms with E-state index in [2.05, 4.69) is 9.71 Å². The van der Waals surface area contributed by atoms with Crippen molar-refractivity contribution in [1.82, 2.24) is 0 Å². The van der Waals surface area contributed by atoms with Crippen molar-refractivity contribution in [1.29, 1.82) is 0 Å². The summed E-state index contributed by atoms with van der Waals surface area (Å²) in [5.74, 6) is -0.294. The molecule has 3 rings (SSSR count). The molecule has 0 atom stereocenters. The van der Waals surface area contributed by atoms with Crippen molar-refractivity contribution >= 4 is 33.1 Å². The van der Waals surface area contributed by atoms with Crippen LogP contribution >= 0.6 is 0 Å². The Morgan fingerprint density at radius 1 is 1.14 bits per heavy atom. The minimum Gasteiger partial charge on any atom is -0.328 e. The van der Waals surface area contributed by atoms with E-state index < -0.39 is 27.7 Å². The number of rotatable bonds is 4. The van der Waals surface area contributed by atoms with Crippen molar-refractivity contribution in [3.8, 4) is 0 Å². The first-order valence-corrected chi connectivity index (χ1v) is 10.2. The van der Waals surface area contributed by atoms with Crippen LogP contribution in [0.25, 0.3) is 0 Å². The van der Waals surface area contributed by atoms with Gasteiger partial charge in [0.1, 0.15) is 10.7 Å². The molecule has 6 nitrogen and oxygen atoms in total. The highest BCUT2D eigenvalue weighted by molar-refractivity contribution is 7.90. The van der Waals surface area contributed by atoms with Crippen LogP contribution in [-0.2, 0) is 16.2 Å². The van der Waals surface area contributed by atoms with E-state index in [0.29, 0.717) is 18.1 Å². The van der Waals surface area contributed by atoms with Gasteiger partial charge in [-0.2, -0.15) is 21.6 Å². The quantitative estimate of drug-likeness (QED) is 0.793.